The maximum atomic E-state index is 12.3. The van der Waals surface area contributed by atoms with Gasteiger partial charge in [0.25, 0.3) is 0 Å². The molecule has 2 N–H and O–H groups in total. The quantitative estimate of drug-likeness (QED) is 0.735. The van der Waals surface area contributed by atoms with Crippen LogP contribution in [0.25, 0.3) is 0 Å². The summed E-state index contributed by atoms with van der Waals surface area (Å²) in [6.45, 7) is 7.98. The lowest BCUT2D eigenvalue weighted by molar-refractivity contribution is -0.133. The summed E-state index contributed by atoms with van der Waals surface area (Å²) in [5.41, 5.74) is 5.67. The van der Waals surface area contributed by atoms with Crippen LogP contribution in [0.2, 0.25) is 0 Å². The largest absolute Gasteiger partial charge is 0.393 e. The van der Waals surface area contributed by atoms with Crippen LogP contribution >= 0.6 is 12.2 Å². The van der Waals surface area contributed by atoms with Crippen molar-refractivity contribution in [1.82, 2.24) is 9.80 Å². The summed E-state index contributed by atoms with van der Waals surface area (Å²) >= 11 is 5.00. The Morgan fingerprint density at radius 3 is 2.39 bits per heavy atom. The molecule has 0 radical (unpaired) electrons. The molecule has 0 saturated carbocycles. The topological polar surface area (TPSA) is 49.6 Å². The highest BCUT2D eigenvalue weighted by Gasteiger charge is 2.27. The summed E-state index contributed by atoms with van der Waals surface area (Å²) in [4.78, 5) is 16.7. The predicted molar refractivity (Wildman–Crippen MR) is 78.4 cm³/mol. The van der Waals surface area contributed by atoms with E-state index in [0.717, 1.165) is 26.2 Å². The molecule has 0 aromatic heterocycles. The van der Waals surface area contributed by atoms with Gasteiger partial charge in [0.2, 0.25) is 5.91 Å². The number of hydrogen-bond donors (Lipinski definition) is 1. The summed E-state index contributed by atoms with van der Waals surface area (Å²) in [5.74, 6) is -0.121. The molecule has 0 bridgehead atoms. The summed E-state index contributed by atoms with van der Waals surface area (Å²) in [6, 6.07) is 0. The van der Waals surface area contributed by atoms with Crippen molar-refractivity contribution in [2.24, 2.45) is 17.6 Å². The van der Waals surface area contributed by atoms with Gasteiger partial charge in [-0.05, 0) is 31.8 Å². The highest BCUT2D eigenvalue weighted by atomic mass is 32.1. The lowest BCUT2D eigenvalue weighted by atomic mass is 9.94. The fraction of sp³-hybridized carbons (Fsp3) is 0.846. The average molecular weight is 271 g/mol. The molecule has 1 aliphatic heterocycles. The van der Waals surface area contributed by atoms with Crippen LogP contribution in [0.1, 0.15) is 26.7 Å². The molecule has 1 aliphatic rings. The summed E-state index contributed by atoms with van der Waals surface area (Å²) in [7, 11) is 1.84. The zero-order valence-electron chi connectivity index (χ0n) is 11.7. The van der Waals surface area contributed by atoms with Crippen LogP contribution < -0.4 is 5.73 Å². The van der Waals surface area contributed by atoms with Crippen molar-refractivity contribution >= 4 is 23.1 Å². The molecule has 18 heavy (non-hydrogen) atoms. The van der Waals surface area contributed by atoms with Gasteiger partial charge in [0.15, 0.2) is 0 Å². The van der Waals surface area contributed by atoms with Gasteiger partial charge in [0.1, 0.15) is 0 Å². The van der Waals surface area contributed by atoms with Crippen LogP contribution in [0.15, 0.2) is 0 Å². The molecule has 1 atom stereocenters. The van der Waals surface area contributed by atoms with E-state index in [2.05, 4.69) is 4.90 Å². The van der Waals surface area contributed by atoms with E-state index in [0.29, 0.717) is 4.99 Å². The smallest absolute Gasteiger partial charge is 0.232 e. The van der Waals surface area contributed by atoms with E-state index in [1.165, 1.54) is 12.8 Å². The van der Waals surface area contributed by atoms with Crippen molar-refractivity contribution in [3.8, 4) is 0 Å². The van der Waals surface area contributed by atoms with Crippen molar-refractivity contribution in [2.75, 3.05) is 33.2 Å². The molecular weight excluding hydrogens is 246 g/mol. The minimum Gasteiger partial charge on any atom is -0.393 e. The highest BCUT2D eigenvalue weighted by molar-refractivity contribution is 7.80. The van der Waals surface area contributed by atoms with Gasteiger partial charge in [-0.1, -0.05) is 26.1 Å². The van der Waals surface area contributed by atoms with Gasteiger partial charge < -0.3 is 15.5 Å². The molecule has 5 heteroatoms. The van der Waals surface area contributed by atoms with Crippen LogP contribution in [0.5, 0.6) is 0 Å². The third-order valence-corrected chi connectivity index (χ3v) is 3.82. The number of hydrogen-bond acceptors (Lipinski definition) is 3. The summed E-state index contributed by atoms with van der Waals surface area (Å²) in [6.07, 6.45) is 2.55. The number of nitrogens with two attached hydrogens (primary N) is 1. The maximum Gasteiger partial charge on any atom is 0.232 e. The SMILES string of the molecule is CC(C)C(C(=O)N(C)CCN1CCCC1)C(N)=S. The van der Waals surface area contributed by atoms with Crippen LogP contribution in [0.3, 0.4) is 0 Å². The minimum atomic E-state index is -0.330. The number of carbonyl (C=O) groups is 1. The standard InChI is InChI=1S/C13H25N3OS/c1-10(2)11(12(14)18)13(17)15(3)8-9-16-6-4-5-7-16/h10-11H,4-9H2,1-3H3,(H2,14,18). The van der Waals surface area contributed by atoms with Gasteiger partial charge in [-0.15, -0.1) is 0 Å². The number of likely N-dealkylation sites (N-methyl/N-ethyl adjacent to an activating group) is 1. The Bertz CT molecular complexity index is 301. The first-order chi connectivity index (χ1) is 8.43. The van der Waals surface area contributed by atoms with Crippen molar-refractivity contribution < 1.29 is 4.79 Å². The van der Waals surface area contributed by atoms with Gasteiger partial charge in [0, 0.05) is 20.1 Å². The van der Waals surface area contributed by atoms with E-state index in [9.17, 15) is 4.79 Å². The first kappa shape index (κ1) is 15.4. The molecular formula is C13H25N3OS. The summed E-state index contributed by atoms with van der Waals surface area (Å²) < 4.78 is 0. The molecule has 1 amide bonds. The van der Waals surface area contributed by atoms with Gasteiger partial charge in [-0.3, -0.25) is 4.79 Å². The van der Waals surface area contributed by atoms with Crippen LogP contribution in [-0.2, 0) is 4.79 Å². The van der Waals surface area contributed by atoms with Gasteiger partial charge in [-0.2, -0.15) is 0 Å². The van der Waals surface area contributed by atoms with Crippen molar-refractivity contribution in [1.29, 1.82) is 0 Å². The second-order valence-electron chi connectivity index (χ2n) is 5.43. The Morgan fingerprint density at radius 1 is 1.39 bits per heavy atom. The van der Waals surface area contributed by atoms with Crippen LogP contribution in [0, 0.1) is 11.8 Å². The molecule has 1 saturated heterocycles. The highest BCUT2D eigenvalue weighted by Crippen LogP contribution is 2.14. The molecule has 1 heterocycles. The van der Waals surface area contributed by atoms with Crippen LogP contribution in [0.4, 0.5) is 0 Å². The molecule has 0 aromatic carbocycles. The zero-order chi connectivity index (χ0) is 13.7. The number of carbonyl (C=O) groups excluding carboxylic acids is 1. The second-order valence-corrected chi connectivity index (χ2v) is 5.90. The number of rotatable bonds is 6. The Kier molecular flexibility index (Phi) is 6.02. The zero-order valence-corrected chi connectivity index (χ0v) is 12.5. The van der Waals surface area contributed by atoms with Crippen molar-refractivity contribution in [3.63, 3.8) is 0 Å². The van der Waals surface area contributed by atoms with Crippen molar-refractivity contribution in [2.45, 2.75) is 26.7 Å². The number of thiocarbonyl (C=S) groups is 1. The van der Waals surface area contributed by atoms with Gasteiger partial charge >= 0.3 is 0 Å². The molecule has 1 unspecified atom stereocenters. The molecule has 0 spiro atoms. The van der Waals surface area contributed by atoms with E-state index < -0.39 is 0 Å². The third-order valence-electron chi connectivity index (χ3n) is 3.57. The van der Waals surface area contributed by atoms with Crippen LogP contribution in [-0.4, -0.2) is 53.9 Å². The molecule has 4 nitrogen and oxygen atoms in total. The van der Waals surface area contributed by atoms with E-state index in [1.807, 2.05) is 20.9 Å². The number of likely N-dealkylation sites (tertiary alicyclic amines) is 1. The fourth-order valence-corrected chi connectivity index (χ4v) is 2.75. The van der Waals surface area contributed by atoms with E-state index in [4.69, 9.17) is 18.0 Å². The van der Waals surface area contributed by atoms with E-state index in [1.54, 1.807) is 4.90 Å². The predicted octanol–water partition coefficient (Wildman–Crippen LogP) is 1.10. The second kappa shape index (κ2) is 7.04. The third kappa shape index (κ3) is 4.21. The number of nitrogens with zero attached hydrogens (tertiary/aromatic N) is 2. The van der Waals surface area contributed by atoms with Gasteiger partial charge in [-0.25, -0.2) is 0 Å². The molecule has 0 aliphatic carbocycles. The first-order valence-electron chi connectivity index (χ1n) is 6.70. The molecule has 1 fully saturated rings. The van der Waals surface area contributed by atoms with Gasteiger partial charge in [0.05, 0.1) is 10.9 Å². The van der Waals surface area contributed by atoms with E-state index >= 15 is 0 Å². The number of amides is 1. The molecule has 1 rings (SSSR count). The lowest BCUT2D eigenvalue weighted by Crippen LogP contribution is -2.44. The first-order valence-corrected chi connectivity index (χ1v) is 7.11. The Labute approximate surface area is 115 Å². The summed E-state index contributed by atoms with van der Waals surface area (Å²) in [5, 5.41) is 0. The normalized spacial score (nSPS) is 18.0. The van der Waals surface area contributed by atoms with E-state index in [-0.39, 0.29) is 17.7 Å². The minimum absolute atomic E-state index is 0.0525. The average Bonchev–Trinajstić information content (AvgIpc) is 2.77. The molecule has 104 valence electrons. The Balaban J connectivity index is 2.45. The molecule has 0 aromatic rings. The fourth-order valence-electron chi connectivity index (χ4n) is 2.38. The lowest BCUT2D eigenvalue weighted by Gasteiger charge is -2.27. The Morgan fingerprint density at radius 2 is 1.94 bits per heavy atom. The maximum absolute atomic E-state index is 12.3. The Hall–Kier alpha value is -0.680. The monoisotopic (exact) mass is 271 g/mol. The van der Waals surface area contributed by atoms with Crippen molar-refractivity contribution in [3.05, 3.63) is 0 Å².